The van der Waals surface area contributed by atoms with E-state index in [1.165, 1.54) is 17.0 Å². The van der Waals surface area contributed by atoms with E-state index in [-0.39, 0.29) is 16.9 Å². The minimum atomic E-state index is -0.318. The summed E-state index contributed by atoms with van der Waals surface area (Å²) in [6.07, 6.45) is 1.68. The zero-order valence-corrected chi connectivity index (χ0v) is 12.7. The van der Waals surface area contributed by atoms with Gasteiger partial charge in [-0.15, -0.1) is 0 Å². The lowest BCUT2D eigenvalue weighted by atomic mass is 10.2. The molecule has 0 aliphatic carbocycles. The minimum Gasteiger partial charge on any atom is -0.278 e. The number of amidine groups is 1. The van der Waals surface area contributed by atoms with Gasteiger partial charge in [0.05, 0.1) is 10.6 Å². The van der Waals surface area contributed by atoms with E-state index in [0.29, 0.717) is 10.6 Å². The molecule has 1 aliphatic rings. The van der Waals surface area contributed by atoms with Gasteiger partial charge in [-0.05, 0) is 54.6 Å². The number of amides is 1. The molecule has 1 aliphatic heterocycles. The summed E-state index contributed by atoms with van der Waals surface area (Å²) in [6.45, 7) is 1.97. The fourth-order valence-corrected chi connectivity index (χ4v) is 2.99. The number of nitrogens with zero attached hydrogens (tertiary/aromatic N) is 1. The van der Waals surface area contributed by atoms with Crippen LogP contribution < -0.4 is 4.90 Å². The molecule has 1 heterocycles. The van der Waals surface area contributed by atoms with E-state index in [9.17, 15) is 9.18 Å². The van der Waals surface area contributed by atoms with Crippen LogP contribution in [0, 0.1) is 18.2 Å². The molecule has 2 aromatic rings. The summed E-state index contributed by atoms with van der Waals surface area (Å²) < 4.78 is 12.9. The Balaban J connectivity index is 1.91. The first-order valence-corrected chi connectivity index (χ1v) is 7.51. The molecule has 1 saturated heterocycles. The maximum atomic E-state index is 12.9. The molecule has 0 atom stereocenters. The minimum absolute atomic E-state index is 0.169. The number of hydrogen-bond donors (Lipinski definition) is 1. The second kappa shape index (κ2) is 5.77. The van der Waals surface area contributed by atoms with Crippen LogP contribution in [-0.4, -0.2) is 11.1 Å². The first-order valence-electron chi connectivity index (χ1n) is 6.69. The van der Waals surface area contributed by atoms with Crippen molar-refractivity contribution < 1.29 is 9.18 Å². The van der Waals surface area contributed by atoms with Crippen LogP contribution in [0.25, 0.3) is 6.08 Å². The van der Waals surface area contributed by atoms with Crippen molar-refractivity contribution in [3.8, 4) is 0 Å². The lowest BCUT2D eigenvalue weighted by Crippen LogP contribution is -2.28. The predicted octanol–water partition coefficient (Wildman–Crippen LogP) is 4.19. The molecule has 5 heteroatoms. The molecule has 22 heavy (non-hydrogen) atoms. The lowest BCUT2D eigenvalue weighted by Gasteiger charge is -2.14. The molecule has 0 unspecified atom stereocenters. The highest BCUT2D eigenvalue weighted by molar-refractivity contribution is 8.19. The lowest BCUT2D eigenvalue weighted by molar-refractivity contribution is -0.113. The number of nitrogens with one attached hydrogen (secondary N) is 1. The van der Waals surface area contributed by atoms with Crippen molar-refractivity contribution in [2.75, 3.05) is 4.90 Å². The molecule has 1 fully saturated rings. The Hall–Kier alpha value is -2.40. The number of thioether (sulfide) groups is 1. The third kappa shape index (κ3) is 2.80. The smallest absolute Gasteiger partial charge is 0.271 e. The van der Waals surface area contributed by atoms with Gasteiger partial charge in [0.15, 0.2) is 5.17 Å². The number of hydrogen-bond acceptors (Lipinski definition) is 3. The summed E-state index contributed by atoms with van der Waals surface area (Å²) in [4.78, 5) is 14.3. The normalized spacial score (nSPS) is 16.6. The van der Waals surface area contributed by atoms with Gasteiger partial charge in [0, 0.05) is 0 Å². The highest BCUT2D eigenvalue weighted by Crippen LogP contribution is 2.35. The molecule has 0 radical (unpaired) electrons. The number of halogens is 1. The largest absolute Gasteiger partial charge is 0.278 e. The van der Waals surface area contributed by atoms with Crippen molar-refractivity contribution in [3.05, 3.63) is 70.4 Å². The van der Waals surface area contributed by atoms with Crippen LogP contribution in [0.5, 0.6) is 0 Å². The molecule has 1 amide bonds. The maximum Gasteiger partial charge on any atom is 0.271 e. The Morgan fingerprint density at radius 2 is 1.73 bits per heavy atom. The molecule has 3 rings (SSSR count). The summed E-state index contributed by atoms with van der Waals surface area (Å²) in [7, 11) is 0. The third-order valence-corrected chi connectivity index (χ3v) is 4.17. The molecule has 2 aromatic carbocycles. The van der Waals surface area contributed by atoms with Crippen LogP contribution in [0.15, 0.2) is 53.4 Å². The summed E-state index contributed by atoms with van der Waals surface area (Å²) in [5, 5.41) is 8.19. The fraction of sp³-hybridized carbons (Fsp3) is 0.0588. The van der Waals surface area contributed by atoms with Crippen LogP contribution in [0.2, 0.25) is 0 Å². The summed E-state index contributed by atoms with van der Waals surface area (Å²) in [5.74, 6) is -0.551. The molecule has 1 N–H and O–H groups in total. The second-order valence-electron chi connectivity index (χ2n) is 4.94. The third-order valence-electron chi connectivity index (χ3n) is 3.28. The molecular weight excluding hydrogens is 299 g/mol. The Kier molecular flexibility index (Phi) is 3.81. The molecule has 0 saturated carbocycles. The predicted molar refractivity (Wildman–Crippen MR) is 88.4 cm³/mol. The average molecular weight is 312 g/mol. The van der Waals surface area contributed by atoms with E-state index in [2.05, 4.69) is 0 Å². The van der Waals surface area contributed by atoms with E-state index in [4.69, 9.17) is 5.41 Å². The van der Waals surface area contributed by atoms with Crippen molar-refractivity contribution in [1.29, 1.82) is 5.41 Å². The summed E-state index contributed by atoms with van der Waals surface area (Å²) >= 11 is 1.11. The monoisotopic (exact) mass is 312 g/mol. The Morgan fingerprint density at radius 3 is 2.36 bits per heavy atom. The topological polar surface area (TPSA) is 44.2 Å². The standard InChI is InChI=1S/C17H13FN2OS/c1-11-2-8-14(9-3-11)20-16(21)15(22-17(20)19)10-12-4-6-13(18)7-5-12/h2-10,19H,1H3/b15-10-,19-17?. The van der Waals surface area contributed by atoms with Gasteiger partial charge in [0.2, 0.25) is 0 Å². The highest BCUT2D eigenvalue weighted by atomic mass is 32.2. The van der Waals surface area contributed by atoms with Crippen LogP contribution in [0.3, 0.4) is 0 Å². The Labute approximate surface area is 132 Å². The molecule has 0 aromatic heterocycles. The summed E-state index contributed by atoms with van der Waals surface area (Å²) in [5.41, 5.74) is 2.50. The molecule has 110 valence electrons. The average Bonchev–Trinajstić information content (AvgIpc) is 2.77. The van der Waals surface area contributed by atoms with E-state index < -0.39 is 0 Å². The van der Waals surface area contributed by atoms with Gasteiger partial charge in [-0.2, -0.15) is 0 Å². The first kappa shape index (κ1) is 14.5. The fourth-order valence-electron chi connectivity index (χ4n) is 2.13. The second-order valence-corrected chi connectivity index (χ2v) is 5.97. The molecule has 0 spiro atoms. The highest BCUT2D eigenvalue weighted by Gasteiger charge is 2.33. The zero-order chi connectivity index (χ0) is 15.7. The van der Waals surface area contributed by atoms with Gasteiger partial charge >= 0.3 is 0 Å². The van der Waals surface area contributed by atoms with Crippen molar-refractivity contribution >= 4 is 34.6 Å². The van der Waals surface area contributed by atoms with Crippen LogP contribution in [0.4, 0.5) is 10.1 Å². The number of aryl methyl sites for hydroxylation is 1. The number of rotatable bonds is 2. The van der Waals surface area contributed by atoms with Gasteiger partial charge < -0.3 is 0 Å². The van der Waals surface area contributed by atoms with Gasteiger partial charge in [-0.25, -0.2) is 4.39 Å². The van der Waals surface area contributed by atoms with E-state index in [1.54, 1.807) is 18.2 Å². The van der Waals surface area contributed by atoms with Crippen LogP contribution in [-0.2, 0) is 4.79 Å². The van der Waals surface area contributed by atoms with E-state index >= 15 is 0 Å². The van der Waals surface area contributed by atoms with Crippen LogP contribution >= 0.6 is 11.8 Å². The Morgan fingerprint density at radius 1 is 1.09 bits per heavy atom. The molecular formula is C17H13FN2OS. The number of benzene rings is 2. The Bertz CT molecular complexity index is 766. The van der Waals surface area contributed by atoms with Crippen molar-refractivity contribution in [2.45, 2.75) is 6.92 Å². The molecule has 0 bridgehead atoms. The SMILES string of the molecule is Cc1ccc(N2C(=N)S/C(=C\c3ccc(F)cc3)C2=O)cc1. The number of carbonyl (C=O) groups is 1. The summed E-state index contributed by atoms with van der Waals surface area (Å²) in [6, 6.07) is 13.4. The number of anilines is 1. The van der Waals surface area contributed by atoms with Crippen LogP contribution in [0.1, 0.15) is 11.1 Å². The van der Waals surface area contributed by atoms with Crippen molar-refractivity contribution in [2.24, 2.45) is 0 Å². The van der Waals surface area contributed by atoms with Gasteiger partial charge in [-0.3, -0.25) is 15.1 Å². The first-order chi connectivity index (χ1) is 10.5. The molecule has 3 nitrogen and oxygen atoms in total. The van der Waals surface area contributed by atoms with Gasteiger partial charge in [0.25, 0.3) is 5.91 Å². The van der Waals surface area contributed by atoms with Gasteiger partial charge in [-0.1, -0.05) is 29.8 Å². The maximum absolute atomic E-state index is 12.9. The zero-order valence-electron chi connectivity index (χ0n) is 11.8. The van der Waals surface area contributed by atoms with Crippen molar-refractivity contribution in [1.82, 2.24) is 0 Å². The van der Waals surface area contributed by atoms with E-state index in [1.807, 2.05) is 31.2 Å². The quantitative estimate of drug-likeness (QED) is 0.845. The van der Waals surface area contributed by atoms with Gasteiger partial charge in [0.1, 0.15) is 5.82 Å². The van der Waals surface area contributed by atoms with Crippen molar-refractivity contribution in [3.63, 3.8) is 0 Å². The van der Waals surface area contributed by atoms with E-state index in [0.717, 1.165) is 22.9 Å². The number of carbonyl (C=O) groups excluding carboxylic acids is 1.